The SMILES string of the molecule is O=C(NCCCC(=O)C1=[N+](c2ccccc2)[C@@H](c2ccccc2)CO1)OCc1ccccc1. The minimum absolute atomic E-state index is 0.0707. The molecule has 1 N–H and O–H groups in total. The van der Waals surface area contributed by atoms with E-state index >= 15 is 0 Å². The first kappa shape index (κ1) is 22.3. The smallest absolute Gasteiger partial charge is 0.413 e. The number of carbonyl (C=O) groups excluding carboxylic acids is 2. The number of ketones is 1. The number of nitrogens with zero attached hydrogens (tertiary/aromatic N) is 1. The molecule has 6 nitrogen and oxygen atoms in total. The van der Waals surface area contributed by atoms with Gasteiger partial charge in [-0.2, -0.15) is 0 Å². The van der Waals surface area contributed by atoms with Crippen molar-refractivity contribution in [2.24, 2.45) is 0 Å². The van der Waals surface area contributed by atoms with Crippen molar-refractivity contribution in [2.45, 2.75) is 25.5 Å². The third-order valence-electron chi connectivity index (χ3n) is 5.43. The van der Waals surface area contributed by atoms with E-state index in [1.807, 2.05) is 95.6 Å². The number of ether oxygens (including phenoxy) is 2. The van der Waals surface area contributed by atoms with E-state index in [9.17, 15) is 9.59 Å². The number of alkyl carbamates (subject to hydrolysis) is 1. The lowest BCUT2D eigenvalue weighted by Gasteiger charge is -2.08. The van der Waals surface area contributed by atoms with E-state index in [1.54, 1.807) is 0 Å². The third kappa shape index (κ3) is 5.86. The van der Waals surface area contributed by atoms with E-state index in [4.69, 9.17) is 9.47 Å². The van der Waals surface area contributed by atoms with Gasteiger partial charge in [0.1, 0.15) is 6.61 Å². The molecule has 0 saturated heterocycles. The molecule has 1 aliphatic heterocycles. The highest BCUT2D eigenvalue weighted by molar-refractivity contribution is 6.34. The lowest BCUT2D eigenvalue weighted by molar-refractivity contribution is -0.478. The fraction of sp³-hybridized carbons (Fsp3) is 0.222. The van der Waals surface area contributed by atoms with Crippen LogP contribution in [0, 0.1) is 0 Å². The summed E-state index contributed by atoms with van der Waals surface area (Å²) in [6.45, 7) is 0.967. The predicted molar refractivity (Wildman–Crippen MR) is 125 cm³/mol. The second-order valence-electron chi connectivity index (χ2n) is 7.76. The van der Waals surface area contributed by atoms with Gasteiger partial charge in [0.05, 0.1) is 0 Å². The Morgan fingerprint density at radius 1 is 0.909 bits per heavy atom. The van der Waals surface area contributed by atoms with Crippen molar-refractivity contribution >= 4 is 23.5 Å². The molecule has 168 valence electrons. The van der Waals surface area contributed by atoms with Crippen LogP contribution < -0.4 is 5.32 Å². The molecule has 1 atom stereocenters. The highest BCUT2D eigenvalue weighted by Gasteiger charge is 2.41. The molecular formula is C27H27N2O4+. The minimum Gasteiger partial charge on any atom is -0.445 e. The number of hydrogen-bond donors (Lipinski definition) is 1. The Kier molecular flexibility index (Phi) is 7.48. The largest absolute Gasteiger partial charge is 0.445 e. The average Bonchev–Trinajstić information content (AvgIpc) is 3.32. The minimum atomic E-state index is -0.494. The summed E-state index contributed by atoms with van der Waals surface area (Å²) in [6, 6.07) is 29.2. The van der Waals surface area contributed by atoms with E-state index in [2.05, 4.69) is 5.32 Å². The summed E-state index contributed by atoms with van der Waals surface area (Å²) in [5, 5.41) is 2.70. The number of Topliss-reactive ketones (excluding diaryl/α,β-unsaturated/α-hetero) is 1. The maximum atomic E-state index is 13.0. The number of nitrogens with one attached hydrogen (secondary N) is 1. The first-order valence-corrected chi connectivity index (χ1v) is 11.1. The highest BCUT2D eigenvalue weighted by Crippen LogP contribution is 2.30. The molecule has 0 bridgehead atoms. The zero-order chi connectivity index (χ0) is 22.9. The molecule has 0 spiro atoms. The molecule has 0 aliphatic carbocycles. The van der Waals surface area contributed by atoms with Crippen LogP contribution in [0.4, 0.5) is 10.5 Å². The Balaban J connectivity index is 1.35. The Morgan fingerprint density at radius 3 is 2.24 bits per heavy atom. The van der Waals surface area contributed by atoms with Gasteiger partial charge in [-0.05, 0) is 12.0 Å². The number of rotatable bonds is 9. The van der Waals surface area contributed by atoms with Gasteiger partial charge >= 0.3 is 12.0 Å². The first-order chi connectivity index (χ1) is 16.2. The van der Waals surface area contributed by atoms with Crippen LogP contribution in [-0.4, -0.2) is 35.5 Å². The van der Waals surface area contributed by atoms with E-state index in [0.29, 0.717) is 25.5 Å². The first-order valence-electron chi connectivity index (χ1n) is 11.1. The van der Waals surface area contributed by atoms with Crippen molar-refractivity contribution < 1.29 is 23.6 Å². The number of hydrogen-bond acceptors (Lipinski definition) is 4. The van der Waals surface area contributed by atoms with Gasteiger partial charge in [0.25, 0.3) is 5.78 Å². The normalized spacial score (nSPS) is 15.1. The van der Waals surface area contributed by atoms with Crippen LogP contribution in [-0.2, 0) is 20.9 Å². The van der Waals surface area contributed by atoms with Crippen molar-refractivity contribution in [1.82, 2.24) is 5.32 Å². The predicted octanol–water partition coefficient (Wildman–Crippen LogP) is 4.78. The maximum Gasteiger partial charge on any atom is 0.413 e. The van der Waals surface area contributed by atoms with Gasteiger partial charge in [-0.3, -0.25) is 4.79 Å². The van der Waals surface area contributed by atoms with Gasteiger partial charge in [0, 0.05) is 30.7 Å². The molecule has 33 heavy (non-hydrogen) atoms. The Morgan fingerprint density at radius 2 is 1.55 bits per heavy atom. The van der Waals surface area contributed by atoms with Crippen LogP contribution in [0.5, 0.6) is 0 Å². The lowest BCUT2D eigenvalue weighted by atomic mass is 10.1. The van der Waals surface area contributed by atoms with E-state index in [1.165, 1.54) is 0 Å². The van der Waals surface area contributed by atoms with Crippen LogP contribution in [0.1, 0.15) is 30.0 Å². The average molecular weight is 444 g/mol. The molecule has 0 aromatic heterocycles. The molecule has 1 heterocycles. The topological polar surface area (TPSA) is 67.6 Å². The Bertz CT molecular complexity index is 1100. The molecule has 4 rings (SSSR count). The van der Waals surface area contributed by atoms with Gasteiger partial charge < -0.3 is 14.8 Å². The fourth-order valence-corrected chi connectivity index (χ4v) is 3.79. The van der Waals surface area contributed by atoms with Gasteiger partial charge in [-0.15, -0.1) is 4.58 Å². The summed E-state index contributed by atoms with van der Waals surface area (Å²) in [5.41, 5.74) is 2.92. The summed E-state index contributed by atoms with van der Waals surface area (Å²) >= 11 is 0. The number of carbonyl (C=O) groups is 2. The molecule has 0 unspecified atom stereocenters. The maximum absolute atomic E-state index is 13.0. The summed E-state index contributed by atoms with van der Waals surface area (Å²) < 4.78 is 13.1. The van der Waals surface area contributed by atoms with Crippen LogP contribution >= 0.6 is 0 Å². The molecule has 0 saturated carbocycles. The second kappa shape index (κ2) is 11.1. The standard InChI is InChI=1S/C27H26N2O4/c30-25(17-10-18-28-27(31)33-19-21-11-4-1-5-12-21)26-29(23-15-8-3-9-16-23)24(20-32-26)22-13-6-2-7-14-22/h1-9,11-16,24H,10,17-20H2/p+1/t24-/m1/s1. The molecular weight excluding hydrogens is 416 g/mol. The van der Waals surface area contributed by atoms with Gasteiger partial charge in [-0.25, -0.2) is 4.79 Å². The highest BCUT2D eigenvalue weighted by atomic mass is 16.5. The second-order valence-corrected chi connectivity index (χ2v) is 7.76. The van der Waals surface area contributed by atoms with Crippen molar-refractivity contribution in [3.8, 4) is 0 Å². The molecule has 6 heteroatoms. The van der Waals surface area contributed by atoms with Crippen molar-refractivity contribution in [3.63, 3.8) is 0 Å². The summed E-state index contributed by atoms with van der Waals surface area (Å²) in [5.74, 6) is 0.262. The third-order valence-corrected chi connectivity index (χ3v) is 5.43. The van der Waals surface area contributed by atoms with E-state index < -0.39 is 6.09 Å². The van der Waals surface area contributed by atoms with E-state index in [0.717, 1.165) is 16.8 Å². The number of benzene rings is 3. The summed E-state index contributed by atoms with van der Waals surface area (Å²) in [7, 11) is 0. The van der Waals surface area contributed by atoms with Gasteiger partial charge in [-0.1, -0.05) is 78.9 Å². The van der Waals surface area contributed by atoms with E-state index in [-0.39, 0.29) is 24.9 Å². The van der Waals surface area contributed by atoms with Gasteiger partial charge in [0.2, 0.25) is 11.7 Å². The monoisotopic (exact) mass is 443 g/mol. The fourth-order valence-electron chi connectivity index (χ4n) is 3.79. The molecule has 0 fully saturated rings. The van der Waals surface area contributed by atoms with Crippen LogP contribution in [0.25, 0.3) is 0 Å². The zero-order valence-electron chi connectivity index (χ0n) is 18.4. The van der Waals surface area contributed by atoms with Crippen LogP contribution in [0.2, 0.25) is 0 Å². The molecule has 0 radical (unpaired) electrons. The molecule has 1 amide bonds. The molecule has 3 aromatic rings. The Labute approximate surface area is 193 Å². The lowest BCUT2D eigenvalue weighted by Crippen LogP contribution is -2.27. The summed E-state index contributed by atoms with van der Waals surface area (Å²) in [4.78, 5) is 24.9. The number of amides is 1. The zero-order valence-corrected chi connectivity index (χ0v) is 18.4. The van der Waals surface area contributed by atoms with Crippen LogP contribution in [0.3, 0.4) is 0 Å². The quantitative estimate of drug-likeness (QED) is 0.382. The van der Waals surface area contributed by atoms with Crippen molar-refractivity contribution in [2.75, 3.05) is 13.2 Å². The molecule has 3 aromatic carbocycles. The van der Waals surface area contributed by atoms with Crippen LogP contribution in [0.15, 0.2) is 91.0 Å². The van der Waals surface area contributed by atoms with Gasteiger partial charge in [0.15, 0.2) is 6.61 Å². The summed E-state index contributed by atoms with van der Waals surface area (Å²) in [6.07, 6.45) is 0.260. The van der Waals surface area contributed by atoms with Crippen molar-refractivity contribution in [3.05, 3.63) is 102 Å². The van der Waals surface area contributed by atoms with Crippen molar-refractivity contribution in [1.29, 1.82) is 0 Å². The number of para-hydroxylation sites is 1. The molecule has 1 aliphatic rings. The Hall–Kier alpha value is -3.93.